The molecule has 1 aromatic heterocycles. The molecule has 82 valence electrons. The van der Waals surface area contributed by atoms with Gasteiger partial charge in [0.2, 0.25) is 0 Å². The molecule has 1 fully saturated rings. The molecular formula is C13H15N3. The molecule has 3 nitrogen and oxygen atoms in total. The molecule has 1 saturated heterocycles. The van der Waals surface area contributed by atoms with Gasteiger partial charge in [0.05, 0.1) is 5.52 Å². The van der Waals surface area contributed by atoms with E-state index in [0.717, 1.165) is 18.6 Å². The SMILES string of the molecule is c1cnc2ccc(NC3CCNC3)cc2c1. The molecule has 0 spiro atoms. The van der Waals surface area contributed by atoms with Crippen LogP contribution in [0.2, 0.25) is 0 Å². The average molecular weight is 213 g/mol. The van der Waals surface area contributed by atoms with Crippen LogP contribution in [0.4, 0.5) is 5.69 Å². The molecule has 0 aliphatic carbocycles. The van der Waals surface area contributed by atoms with Crippen LogP contribution in [0.15, 0.2) is 36.5 Å². The molecule has 3 rings (SSSR count). The predicted molar refractivity (Wildman–Crippen MR) is 66.6 cm³/mol. The van der Waals surface area contributed by atoms with Gasteiger partial charge in [0.25, 0.3) is 0 Å². The predicted octanol–water partition coefficient (Wildman–Crippen LogP) is 2.01. The van der Waals surface area contributed by atoms with Crippen LogP contribution in [-0.2, 0) is 0 Å². The van der Waals surface area contributed by atoms with Crippen molar-refractivity contribution in [1.82, 2.24) is 10.3 Å². The molecule has 1 aliphatic rings. The molecule has 0 radical (unpaired) electrons. The highest BCUT2D eigenvalue weighted by molar-refractivity contribution is 5.82. The molecule has 1 aromatic carbocycles. The van der Waals surface area contributed by atoms with Crippen LogP contribution in [0.5, 0.6) is 0 Å². The number of nitrogens with zero attached hydrogens (tertiary/aromatic N) is 1. The Morgan fingerprint density at radius 2 is 2.31 bits per heavy atom. The van der Waals surface area contributed by atoms with E-state index in [2.05, 4.69) is 39.9 Å². The summed E-state index contributed by atoms with van der Waals surface area (Å²) < 4.78 is 0. The number of nitrogens with one attached hydrogen (secondary N) is 2. The van der Waals surface area contributed by atoms with Crippen LogP contribution in [0.25, 0.3) is 10.9 Å². The van der Waals surface area contributed by atoms with Crippen LogP contribution in [0, 0.1) is 0 Å². The smallest absolute Gasteiger partial charge is 0.0703 e. The van der Waals surface area contributed by atoms with Gasteiger partial charge in [-0.15, -0.1) is 0 Å². The molecule has 16 heavy (non-hydrogen) atoms. The Morgan fingerprint density at radius 3 is 3.19 bits per heavy atom. The summed E-state index contributed by atoms with van der Waals surface area (Å²) in [7, 11) is 0. The van der Waals surface area contributed by atoms with E-state index >= 15 is 0 Å². The van der Waals surface area contributed by atoms with E-state index in [1.807, 2.05) is 12.3 Å². The number of hydrogen-bond donors (Lipinski definition) is 2. The first-order valence-electron chi connectivity index (χ1n) is 5.74. The first-order chi connectivity index (χ1) is 7.92. The Morgan fingerprint density at radius 1 is 1.31 bits per heavy atom. The van der Waals surface area contributed by atoms with Gasteiger partial charge in [0.15, 0.2) is 0 Å². The summed E-state index contributed by atoms with van der Waals surface area (Å²) in [5.41, 5.74) is 2.24. The van der Waals surface area contributed by atoms with Crippen LogP contribution in [0.3, 0.4) is 0 Å². The molecule has 1 atom stereocenters. The highest BCUT2D eigenvalue weighted by atomic mass is 15.0. The number of benzene rings is 1. The first-order valence-corrected chi connectivity index (χ1v) is 5.74. The zero-order chi connectivity index (χ0) is 10.8. The molecule has 1 aliphatic heterocycles. The molecule has 0 saturated carbocycles. The lowest BCUT2D eigenvalue weighted by atomic mass is 10.2. The fourth-order valence-corrected chi connectivity index (χ4v) is 2.18. The monoisotopic (exact) mass is 213 g/mol. The van der Waals surface area contributed by atoms with E-state index in [-0.39, 0.29) is 0 Å². The van der Waals surface area contributed by atoms with Crippen molar-refractivity contribution in [3.05, 3.63) is 36.5 Å². The van der Waals surface area contributed by atoms with Gasteiger partial charge >= 0.3 is 0 Å². The number of hydrogen-bond acceptors (Lipinski definition) is 3. The summed E-state index contributed by atoms with van der Waals surface area (Å²) in [6.45, 7) is 2.18. The highest BCUT2D eigenvalue weighted by Gasteiger charge is 2.13. The zero-order valence-corrected chi connectivity index (χ0v) is 9.11. The van der Waals surface area contributed by atoms with Gasteiger partial charge in [0, 0.05) is 29.9 Å². The van der Waals surface area contributed by atoms with Crippen LogP contribution in [-0.4, -0.2) is 24.1 Å². The van der Waals surface area contributed by atoms with Crippen molar-refractivity contribution in [3.8, 4) is 0 Å². The van der Waals surface area contributed by atoms with Crippen molar-refractivity contribution in [2.75, 3.05) is 18.4 Å². The lowest BCUT2D eigenvalue weighted by Crippen LogP contribution is -2.21. The maximum absolute atomic E-state index is 4.31. The standard InChI is InChI=1S/C13H15N3/c1-2-10-8-11(3-4-13(10)15-6-1)16-12-5-7-14-9-12/h1-4,6,8,12,14,16H,5,7,9H2. The molecular weight excluding hydrogens is 198 g/mol. The first kappa shape index (κ1) is 9.60. The van der Waals surface area contributed by atoms with E-state index in [4.69, 9.17) is 0 Å². The van der Waals surface area contributed by atoms with Gasteiger partial charge in [-0.25, -0.2) is 0 Å². The molecule has 2 N–H and O–H groups in total. The van der Waals surface area contributed by atoms with Gasteiger partial charge in [-0.1, -0.05) is 6.07 Å². The summed E-state index contributed by atoms with van der Waals surface area (Å²) in [5.74, 6) is 0. The summed E-state index contributed by atoms with van der Waals surface area (Å²) in [4.78, 5) is 4.31. The van der Waals surface area contributed by atoms with Crippen LogP contribution < -0.4 is 10.6 Å². The molecule has 2 heterocycles. The minimum absolute atomic E-state index is 0.564. The normalized spacial score (nSPS) is 20.1. The summed E-state index contributed by atoms with van der Waals surface area (Å²) in [5, 5.41) is 8.09. The van der Waals surface area contributed by atoms with Crippen molar-refractivity contribution in [2.24, 2.45) is 0 Å². The van der Waals surface area contributed by atoms with Crippen LogP contribution in [0.1, 0.15) is 6.42 Å². The Kier molecular flexibility index (Phi) is 2.46. The third-order valence-electron chi connectivity index (χ3n) is 3.03. The largest absolute Gasteiger partial charge is 0.381 e. The topological polar surface area (TPSA) is 37.0 Å². The Bertz CT molecular complexity index is 489. The lowest BCUT2D eigenvalue weighted by molar-refractivity contribution is 0.793. The van der Waals surface area contributed by atoms with E-state index in [1.54, 1.807) is 0 Å². The second kappa shape index (κ2) is 4.10. The zero-order valence-electron chi connectivity index (χ0n) is 9.11. The summed E-state index contributed by atoms with van der Waals surface area (Å²) in [6, 6.07) is 11.0. The van der Waals surface area contributed by atoms with Gasteiger partial charge in [0.1, 0.15) is 0 Å². The van der Waals surface area contributed by atoms with Gasteiger partial charge in [-0.05, 0) is 37.2 Å². The highest BCUT2D eigenvalue weighted by Crippen LogP contribution is 2.18. The summed E-state index contributed by atoms with van der Waals surface area (Å²) >= 11 is 0. The lowest BCUT2D eigenvalue weighted by Gasteiger charge is -2.13. The molecule has 2 aromatic rings. The Labute approximate surface area is 94.9 Å². The maximum Gasteiger partial charge on any atom is 0.0703 e. The third-order valence-corrected chi connectivity index (χ3v) is 3.03. The number of fused-ring (bicyclic) bond motifs is 1. The fourth-order valence-electron chi connectivity index (χ4n) is 2.18. The van der Waals surface area contributed by atoms with Crippen molar-refractivity contribution >= 4 is 16.6 Å². The van der Waals surface area contributed by atoms with Crippen molar-refractivity contribution in [2.45, 2.75) is 12.5 Å². The van der Waals surface area contributed by atoms with Crippen molar-refractivity contribution in [3.63, 3.8) is 0 Å². The van der Waals surface area contributed by atoms with E-state index in [0.29, 0.717) is 6.04 Å². The molecule has 0 bridgehead atoms. The van der Waals surface area contributed by atoms with Crippen molar-refractivity contribution < 1.29 is 0 Å². The Balaban J connectivity index is 1.86. The second-order valence-corrected chi connectivity index (χ2v) is 4.24. The molecule has 3 heteroatoms. The average Bonchev–Trinajstić information content (AvgIpc) is 2.82. The summed E-state index contributed by atoms with van der Waals surface area (Å²) in [6.07, 6.45) is 3.03. The van der Waals surface area contributed by atoms with E-state index in [1.165, 1.54) is 17.5 Å². The van der Waals surface area contributed by atoms with E-state index < -0.39 is 0 Å². The maximum atomic E-state index is 4.31. The van der Waals surface area contributed by atoms with E-state index in [9.17, 15) is 0 Å². The van der Waals surface area contributed by atoms with Gasteiger partial charge in [-0.2, -0.15) is 0 Å². The number of aromatic nitrogens is 1. The minimum Gasteiger partial charge on any atom is -0.381 e. The Hall–Kier alpha value is -1.61. The number of rotatable bonds is 2. The second-order valence-electron chi connectivity index (χ2n) is 4.24. The molecule has 1 unspecified atom stereocenters. The van der Waals surface area contributed by atoms with Crippen LogP contribution >= 0.6 is 0 Å². The van der Waals surface area contributed by atoms with Crippen molar-refractivity contribution in [1.29, 1.82) is 0 Å². The third kappa shape index (κ3) is 1.86. The molecule has 0 amide bonds. The quantitative estimate of drug-likeness (QED) is 0.801. The van der Waals surface area contributed by atoms with Gasteiger partial charge in [-0.3, -0.25) is 4.98 Å². The fraction of sp³-hybridized carbons (Fsp3) is 0.308. The number of pyridine rings is 1. The minimum atomic E-state index is 0.564. The van der Waals surface area contributed by atoms with Gasteiger partial charge < -0.3 is 10.6 Å². The number of anilines is 1.